The number of allylic oxidation sites excluding steroid dienone is 2. The van der Waals surface area contributed by atoms with Gasteiger partial charge in [-0.3, -0.25) is 14.9 Å². The zero-order chi connectivity index (χ0) is 22.2. The molecule has 160 valence electrons. The summed E-state index contributed by atoms with van der Waals surface area (Å²) in [6.45, 7) is 0. The van der Waals surface area contributed by atoms with E-state index in [4.69, 9.17) is 0 Å². The molecule has 0 saturated heterocycles. The molecule has 3 atom stereocenters. The maximum absolute atomic E-state index is 13.1. The smallest absolute Gasteiger partial charge is 0.274 e. The molecule has 6 nitrogen and oxygen atoms in total. The molecule has 1 amide bonds. The Balaban J connectivity index is 1.50. The predicted molar refractivity (Wildman–Crippen MR) is 125 cm³/mol. The van der Waals surface area contributed by atoms with Crippen molar-refractivity contribution >= 4 is 23.0 Å². The molecule has 0 fully saturated rings. The molecule has 2 aliphatic rings. The lowest BCUT2D eigenvalue weighted by Gasteiger charge is -2.37. The van der Waals surface area contributed by atoms with Gasteiger partial charge >= 0.3 is 0 Å². The van der Waals surface area contributed by atoms with Gasteiger partial charge in [0.15, 0.2) is 0 Å². The lowest BCUT2D eigenvalue weighted by molar-refractivity contribution is -0.385. The SMILES string of the molecule is CN(C(=O)c1ccc2c(c1)C1C=CCC1C(c1ccccc1[N+](=O)[O-])N2)c1ccccc1. The quantitative estimate of drug-likeness (QED) is 0.331. The number of amides is 1. The number of carbonyl (C=O) groups is 1. The number of nitro benzene ring substituents is 1. The number of hydrogen-bond acceptors (Lipinski definition) is 4. The molecular formula is C26H23N3O3. The minimum Gasteiger partial charge on any atom is -0.377 e. The highest BCUT2D eigenvalue weighted by Gasteiger charge is 2.40. The molecule has 3 aromatic rings. The van der Waals surface area contributed by atoms with Crippen molar-refractivity contribution < 1.29 is 9.72 Å². The second kappa shape index (κ2) is 7.96. The van der Waals surface area contributed by atoms with E-state index in [9.17, 15) is 14.9 Å². The van der Waals surface area contributed by atoms with Crippen LogP contribution in [0, 0.1) is 16.0 Å². The topological polar surface area (TPSA) is 75.5 Å². The van der Waals surface area contributed by atoms with Gasteiger partial charge in [-0.25, -0.2) is 0 Å². The molecule has 3 aromatic carbocycles. The van der Waals surface area contributed by atoms with Gasteiger partial charge < -0.3 is 10.2 Å². The average molecular weight is 425 g/mol. The zero-order valence-corrected chi connectivity index (χ0v) is 17.6. The van der Waals surface area contributed by atoms with E-state index in [1.807, 2.05) is 60.7 Å². The van der Waals surface area contributed by atoms with Crippen LogP contribution in [0.1, 0.15) is 39.9 Å². The number of hydrogen-bond donors (Lipinski definition) is 1. The van der Waals surface area contributed by atoms with E-state index in [2.05, 4.69) is 17.5 Å². The lowest BCUT2D eigenvalue weighted by atomic mass is 9.76. The minimum atomic E-state index is -0.314. The first-order valence-corrected chi connectivity index (χ1v) is 10.7. The molecule has 6 heteroatoms. The van der Waals surface area contributed by atoms with Crippen LogP contribution in [0.5, 0.6) is 0 Å². The fourth-order valence-electron chi connectivity index (χ4n) is 4.91. The Hall–Kier alpha value is -3.93. The lowest BCUT2D eigenvalue weighted by Crippen LogP contribution is -2.30. The molecule has 1 aliphatic heterocycles. The highest BCUT2D eigenvalue weighted by Crippen LogP contribution is 2.51. The van der Waals surface area contributed by atoms with E-state index in [0.717, 1.165) is 23.4 Å². The van der Waals surface area contributed by atoms with Gasteiger partial charge in [0.05, 0.1) is 16.5 Å². The van der Waals surface area contributed by atoms with Crippen LogP contribution in [0.4, 0.5) is 17.1 Å². The van der Waals surface area contributed by atoms with Crippen molar-refractivity contribution in [1.82, 2.24) is 0 Å². The first kappa shape index (κ1) is 20.0. The van der Waals surface area contributed by atoms with E-state index < -0.39 is 0 Å². The Morgan fingerprint density at radius 3 is 2.56 bits per heavy atom. The van der Waals surface area contributed by atoms with E-state index in [0.29, 0.717) is 11.1 Å². The molecule has 5 rings (SSSR count). The molecular weight excluding hydrogens is 402 g/mol. The van der Waals surface area contributed by atoms with Crippen LogP contribution in [0.2, 0.25) is 0 Å². The third-order valence-electron chi connectivity index (χ3n) is 6.53. The van der Waals surface area contributed by atoms with E-state index in [1.54, 1.807) is 24.1 Å². The summed E-state index contributed by atoms with van der Waals surface area (Å²) in [5.41, 5.74) is 4.27. The molecule has 0 radical (unpaired) electrons. The van der Waals surface area contributed by atoms with Gasteiger partial charge in [-0.15, -0.1) is 0 Å². The molecule has 1 N–H and O–H groups in total. The Morgan fingerprint density at radius 2 is 1.78 bits per heavy atom. The molecule has 0 spiro atoms. The van der Waals surface area contributed by atoms with Crippen molar-refractivity contribution in [2.45, 2.75) is 18.4 Å². The third kappa shape index (κ3) is 3.34. The second-order valence-electron chi connectivity index (χ2n) is 8.29. The van der Waals surface area contributed by atoms with Crippen molar-refractivity contribution in [3.8, 4) is 0 Å². The monoisotopic (exact) mass is 425 g/mol. The Morgan fingerprint density at radius 1 is 1.03 bits per heavy atom. The van der Waals surface area contributed by atoms with Crippen LogP contribution in [-0.4, -0.2) is 17.9 Å². The van der Waals surface area contributed by atoms with Gasteiger partial charge in [0.1, 0.15) is 0 Å². The molecule has 0 aromatic heterocycles. The number of nitro groups is 1. The van der Waals surface area contributed by atoms with Crippen molar-refractivity contribution in [2.75, 3.05) is 17.3 Å². The maximum atomic E-state index is 13.1. The molecule has 32 heavy (non-hydrogen) atoms. The number of nitrogens with one attached hydrogen (secondary N) is 1. The van der Waals surface area contributed by atoms with Crippen molar-refractivity contribution in [3.63, 3.8) is 0 Å². The summed E-state index contributed by atoms with van der Waals surface area (Å²) in [4.78, 5) is 26.1. The van der Waals surface area contributed by atoms with Crippen LogP contribution in [-0.2, 0) is 0 Å². The van der Waals surface area contributed by atoms with Crippen LogP contribution in [0.3, 0.4) is 0 Å². The molecule has 0 bridgehead atoms. The largest absolute Gasteiger partial charge is 0.377 e. The predicted octanol–water partition coefficient (Wildman–Crippen LogP) is 5.70. The van der Waals surface area contributed by atoms with Crippen LogP contribution in [0.25, 0.3) is 0 Å². The molecule has 0 saturated carbocycles. The van der Waals surface area contributed by atoms with Crippen molar-refractivity contribution in [2.24, 2.45) is 5.92 Å². The van der Waals surface area contributed by atoms with E-state index >= 15 is 0 Å². The first-order chi connectivity index (χ1) is 15.5. The fraction of sp³-hybridized carbons (Fsp3) is 0.192. The van der Waals surface area contributed by atoms with Gasteiger partial charge in [0.2, 0.25) is 0 Å². The zero-order valence-electron chi connectivity index (χ0n) is 17.6. The van der Waals surface area contributed by atoms with Crippen molar-refractivity contribution in [3.05, 3.63) is 112 Å². The summed E-state index contributed by atoms with van der Waals surface area (Å²) < 4.78 is 0. The average Bonchev–Trinajstić information content (AvgIpc) is 3.33. The Bertz CT molecular complexity index is 1220. The van der Waals surface area contributed by atoms with Gasteiger partial charge in [-0.2, -0.15) is 0 Å². The minimum absolute atomic E-state index is 0.0710. The summed E-state index contributed by atoms with van der Waals surface area (Å²) in [7, 11) is 1.78. The Labute approximate surface area is 186 Å². The fourth-order valence-corrected chi connectivity index (χ4v) is 4.91. The standard InChI is InChI=1S/C26H23N3O3/c1-28(18-8-3-2-4-9-18)26(30)17-14-15-23-22(16-17)19-11-7-12-20(19)25(27-23)21-10-5-6-13-24(21)29(31)32/h2-11,13-16,19-20,25,27H,12H2,1H3. The molecule has 3 unspecified atom stereocenters. The number of nitrogens with zero attached hydrogens (tertiary/aromatic N) is 2. The second-order valence-corrected chi connectivity index (χ2v) is 8.29. The van der Waals surface area contributed by atoms with Gasteiger partial charge in [0, 0.05) is 36.0 Å². The molecule has 1 heterocycles. The van der Waals surface area contributed by atoms with Crippen LogP contribution in [0.15, 0.2) is 84.9 Å². The number of anilines is 2. The van der Waals surface area contributed by atoms with Gasteiger partial charge in [-0.05, 0) is 48.2 Å². The summed E-state index contributed by atoms with van der Waals surface area (Å²) in [5.74, 6) is 0.185. The summed E-state index contributed by atoms with van der Waals surface area (Å²) in [5, 5.41) is 15.2. The number of benzene rings is 3. The number of fused-ring (bicyclic) bond motifs is 3. The highest BCUT2D eigenvalue weighted by atomic mass is 16.6. The summed E-state index contributed by atoms with van der Waals surface area (Å²) in [6.07, 6.45) is 5.13. The first-order valence-electron chi connectivity index (χ1n) is 10.7. The maximum Gasteiger partial charge on any atom is 0.274 e. The van der Waals surface area contributed by atoms with Crippen LogP contribution < -0.4 is 10.2 Å². The highest BCUT2D eigenvalue weighted by molar-refractivity contribution is 6.06. The molecule has 1 aliphatic carbocycles. The normalized spacial score (nSPS) is 20.7. The third-order valence-corrected chi connectivity index (χ3v) is 6.53. The van der Waals surface area contributed by atoms with E-state index in [1.165, 1.54) is 0 Å². The number of para-hydroxylation sites is 2. The van der Waals surface area contributed by atoms with Gasteiger partial charge in [0.25, 0.3) is 11.6 Å². The number of rotatable bonds is 4. The summed E-state index contributed by atoms with van der Waals surface area (Å²) >= 11 is 0. The van der Waals surface area contributed by atoms with Crippen LogP contribution >= 0.6 is 0 Å². The van der Waals surface area contributed by atoms with Gasteiger partial charge in [-0.1, -0.05) is 48.6 Å². The van der Waals surface area contributed by atoms with E-state index in [-0.39, 0.29) is 34.4 Å². The number of carbonyl (C=O) groups excluding carboxylic acids is 1. The Kier molecular flexibility index (Phi) is 4.98. The van der Waals surface area contributed by atoms with Crippen molar-refractivity contribution in [1.29, 1.82) is 0 Å². The summed E-state index contributed by atoms with van der Waals surface area (Å²) in [6, 6.07) is 22.0.